The van der Waals surface area contributed by atoms with Gasteiger partial charge >= 0.3 is 7.12 Å². The van der Waals surface area contributed by atoms with Gasteiger partial charge in [-0.2, -0.15) is 10.5 Å². The molecule has 2 spiro atoms. The van der Waals surface area contributed by atoms with E-state index in [0.717, 1.165) is 53.4 Å². The summed E-state index contributed by atoms with van der Waals surface area (Å²) >= 11 is 3.50. The van der Waals surface area contributed by atoms with Gasteiger partial charge < -0.3 is 40.5 Å². The first-order valence-electron chi connectivity index (χ1n) is 23.6. The van der Waals surface area contributed by atoms with Crippen LogP contribution in [-0.4, -0.2) is 101 Å². The number of rotatable bonds is 4. The molecule has 6 unspecified atom stereocenters. The lowest BCUT2D eigenvalue weighted by molar-refractivity contribution is -0.135. The van der Waals surface area contributed by atoms with E-state index in [1.165, 1.54) is 28.0 Å². The van der Waals surface area contributed by atoms with Crippen LogP contribution in [0.4, 0.5) is 8.78 Å². The Balaban J connectivity index is 0.000000161. The van der Waals surface area contributed by atoms with Crippen LogP contribution < -0.4 is 26.4 Å². The Morgan fingerprint density at radius 1 is 0.681 bits per heavy atom. The summed E-state index contributed by atoms with van der Waals surface area (Å²) in [7, 11) is 1.63. The lowest BCUT2D eigenvalue weighted by Crippen LogP contribution is -2.49. The van der Waals surface area contributed by atoms with E-state index in [1.807, 2.05) is 42.5 Å². The summed E-state index contributed by atoms with van der Waals surface area (Å²) in [6.45, 7) is 9.70. The van der Waals surface area contributed by atoms with Crippen molar-refractivity contribution in [1.29, 1.82) is 10.5 Å². The van der Waals surface area contributed by atoms with Gasteiger partial charge in [-0.05, 0) is 125 Å². The molecule has 0 bridgehead atoms. The van der Waals surface area contributed by atoms with Crippen molar-refractivity contribution < 1.29 is 47.4 Å². The van der Waals surface area contributed by atoms with Gasteiger partial charge in [-0.25, -0.2) is 18.8 Å². The molecule has 6 atom stereocenters. The number of hydrogen-bond acceptors (Lipinski definition) is 14. The Bertz CT molecular complexity index is 2960. The van der Waals surface area contributed by atoms with Crippen LogP contribution in [0.1, 0.15) is 88.5 Å². The molecule has 10 rings (SSSR count). The van der Waals surface area contributed by atoms with Crippen LogP contribution in [0, 0.1) is 46.1 Å². The quantitative estimate of drug-likeness (QED) is 0.176. The predicted molar refractivity (Wildman–Crippen MR) is 267 cm³/mol. The first-order chi connectivity index (χ1) is 34.0. The summed E-state index contributed by atoms with van der Waals surface area (Å²) in [6.07, 6.45) is 4.03. The fraction of sp³-hybridized carbons (Fsp3) is 0.423. The Labute approximate surface area is 425 Å². The Kier molecular flexibility index (Phi) is 14.3. The minimum atomic E-state index is -1.67. The maximum atomic E-state index is 13.9. The van der Waals surface area contributed by atoms with Crippen molar-refractivity contribution in [3.8, 4) is 34.8 Å². The number of carbonyl (C=O) groups excluding carboxylic acids is 2. The highest BCUT2D eigenvalue weighted by molar-refractivity contribution is 9.10. The summed E-state index contributed by atoms with van der Waals surface area (Å²) in [5.41, 5.74) is 12.2. The van der Waals surface area contributed by atoms with Crippen LogP contribution in [0.25, 0.3) is 11.1 Å². The Morgan fingerprint density at radius 2 is 1.12 bits per heavy atom. The number of aliphatic imine (C=N–C) groups is 2. The summed E-state index contributed by atoms with van der Waals surface area (Å²) in [6, 6.07) is 22.5. The maximum Gasteiger partial charge on any atom is 0.488 e. The van der Waals surface area contributed by atoms with Crippen LogP contribution in [0.3, 0.4) is 0 Å². The molecule has 4 aromatic carbocycles. The predicted octanol–water partition coefficient (Wildman–Crippen LogP) is 5.87. The monoisotopic (exact) mass is 1050 g/mol. The number of carbonyl (C=O) groups is 2. The molecule has 0 aromatic heterocycles. The molecule has 2 fully saturated rings. The number of hydrogen-bond donors (Lipinski definition) is 4. The molecule has 0 saturated carbocycles. The first kappa shape index (κ1) is 51.9. The minimum absolute atomic E-state index is 0.0395. The molecule has 2 saturated heterocycles. The first-order valence-corrected chi connectivity index (χ1v) is 24.4. The van der Waals surface area contributed by atoms with E-state index in [0.29, 0.717) is 54.6 Å². The van der Waals surface area contributed by atoms with Crippen LogP contribution >= 0.6 is 15.9 Å². The number of nitriles is 2. The van der Waals surface area contributed by atoms with Crippen molar-refractivity contribution in [2.75, 3.05) is 27.3 Å². The normalized spacial score (nSPS) is 26.5. The Morgan fingerprint density at radius 3 is 1.58 bits per heavy atom. The van der Waals surface area contributed by atoms with E-state index in [1.54, 1.807) is 26.2 Å². The van der Waals surface area contributed by atoms with E-state index in [4.69, 9.17) is 50.7 Å². The topological polar surface area (TPSA) is 242 Å². The number of likely N-dealkylation sites (N-methyl/N-ethyl adjacent to an activating group) is 2. The zero-order valence-corrected chi connectivity index (χ0v) is 42.4. The number of halogens is 3. The second kappa shape index (κ2) is 19.9. The molecule has 0 aliphatic carbocycles. The van der Waals surface area contributed by atoms with Crippen molar-refractivity contribution in [3.05, 3.63) is 111 Å². The van der Waals surface area contributed by atoms with Crippen LogP contribution in [0.5, 0.6) is 11.5 Å². The van der Waals surface area contributed by atoms with Crippen LogP contribution in [0.2, 0.25) is 0 Å². The number of guanidine groups is 2. The number of benzene rings is 4. The molecule has 2 amide bonds. The number of fused-ring (bicyclic) bond motifs is 4. The molecule has 4 aromatic rings. The summed E-state index contributed by atoms with van der Waals surface area (Å²) in [5, 5.41) is 34.9. The van der Waals surface area contributed by atoms with Gasteiger partial charge in [0.05, 0.1) is 22.3 Å². The van der Waals surface area contributed by atoms with E-state index in [9.17, 15) is 23.6 Å². The highest BCUT2D eigenvalue weighted by atomic mass is 79.9. The van der Waals surface area contributed by atoms with Crippen molar-refractivity contribution in [2.45, 2.75) is 101 Å². The molecule has 72 heavy (non-hydrogen) atoms. The van der Waals surface area contributed by atoms with E-state index in [2.05, 4.69) is 48.6 Å². The number of ether oxygens (including phenoxy) is 4. The molecular formula is C52H56BBrF2N8O8. The lowest BCUT2D eigenvalue weighted by atomic mass is 9.74. The zero-order valence-electron chi connectivity index (χ0n) is 40.8. The summed E-state index contributed by atoms with van der Waals surface area (Å²) in [4.78, 5) is 38.9. The molecule has 6 aliphatic heterocycles. The Hall–Kier alpha value is -6.42. The zero-order chi connectivity index (χ0) is 52.1. The third-order valence-corrected chi connectivity index (χ3v) is 14.8. The summed E-state index contributed by atoms with van der Waals surface area (Å²) < 4.78 is 52.0. The van der Waals surface area contributed by atoms with Gasteiger partial charge in [0.1, 0.15) is 47.5 Å². The second-order valence-corrected chi connectivity index (χ2v) is 21.1. The van der Waals surface area contributed by atoms with Crippen molar-refractivity contribution in [2.24, 2.45) is 33.3 Å². The highest BCUT2D eigenvalue weighted by Gasteiger charge is 2.57. The molecule has 6 N–H and O–H groups in total. The maximum absolute atomic E-state index is 13.9. The minimum Gasteiger partial charge on any atom is -0.490 e. The number of amides is 2. The molecule has 0 radical (unpaired) electrons. The van der Waals surface area contributed by atoms with Gasteiger partial charge in [0, 0.05) is 67.6 Å². The average molecular weight is 1050 g/mol. The SMILES string of the molecule is CN1C(=O)C2(CC(C3CCOC(C)(C)C3)Oc3ccc(-c4ccc(F)c(C#N)c4)cc32)N=C1N.CN1C(=O)C2(CC(C3CCOC(C)(C)C3)Oc3ccc(Br)cc32)N=C1N.N#Cc1cc(B(O)O)ccc1F. The van der Waals surface area contributed by atoms with Crippen LogP contribution in [0.15, 0.2) is 87.3 Å². The smallest absolute Gasteiger partial charge is 0.488 e. The van der Waals surface area contributed by atoms with E-state index in [-0.39, 0.29) is 69.7 Å². The van der Waals surface area contributed by atoms with Gasteiger partial charge in [-0.15, -0.1) is 0 Å². The average Bonchev–Trinajstić information content (AvgIpc) is 3.69. The van der Waals surface area contributed by atoms with Crippen molar-refractivity contribution >= 4 is 52.2 Å². The fourth-order valence-electron chi connectivity index (χ4n) is 10.6. The molecule has 6 heterocycles. The van der Waals surface area contributed by atoms with Gasteiger partial charge in [0.2, 0.25) is 0 Å². The van der Waals surface area contributed by atoms with Gasteiger partial charge in [-0.3, -0.25) is 19.4 Å². The molecule has 16 nitrogen and oxygen atoms in total. The second-order valence-electron chi connectivity index (χ2n) is 20.2. The molecule has 20 heteroatoms. The molecule has 6 aliphatic rings. The van der Waals surface area contributed by atoms with Crippen molar-refractivity contribution in [3.63, 3.8) is 0 Å². The molecule has 376 valence electrons. The molecular weight excluding hydrogens is 993 g/mol. The van der Waals surface area contributed by atoms with Gasteiger partial charge in [0.15, 0.2) is 23.0 Å². The largest absolute Gasteiger partial charge is 0.490 e. The summed E-state index contributed by atoms with van der Waals surface area (Å²) in [5.74, 6) is 0.728. The lowest BCUT2D eigenvalue weighted by Gasteiger charge is -2.44. The third-order valence-electron chi connectivity index (χ3n) is 14.3. The van der Waals surface area contributed by atoms with Crippen molar-refractivity contribution in [1.82, 2.24) is 9.80 Å². The van der Waals surface area contributed by atoms with Gasteiger partial charge in [0.25, 0.3) is 11.8 Å². The standard InChI is InChI=1S/C26H27FN4O3.C19H24BrN3O3.C7H5BFNO2/c1-25(2)12-17(8-9-33-25)22-13-26(23(32)31(3)24(29)30-26)19-11-16(5-7-21(19)34-22)15-4-6-20(27)18(10-15)14-28;1-18(2)9-11(6-7-25-18)15-10-19(16(24)23(3)17(21)22-19)13-8-12(20)4-5-14(13)26-15;9-7-2-1-6(8(11)12)3-5(7)4-10/h4-7,10-11,17,22H,8-9,12-13H2,1-3H3,(H2,29,30);4-5,8,11,15H,6-7,9-10H2,1-3H3,(H2,21,22);1-3,11-12H. The van der Waals surface area contributed by atoms with Gasteiger partial charge in [-0.1, -0.05) is 34.1 Å². The van der Waals surface area contributed by atoms with E-state index < -0.39 is 29.8 Å². The third kappa shape index (κ3) is 10.0. The fourth-order valence-corrected chi connectivity index (χ4v) is 11.0. The highest BCUT2D eigenvalue weighted by Crippen LogP contribution is 2.51. The number of nitrogens with two attached hydrogens (primary N) is 2. The number of nitrogens with zero attached hydrogens (tertiary/aromatic N) is 6. The van der Waals surface area contributed by atoms with Crippen LogP contribution in [-0.2, 0) is 30.1 Å². The van der Waals surface area contributed by atoms with E-state index >= 15 is 0 Å².